The van der Waals surface area contributed by atoms with E-state index in [1.807, 2.05) is 31.2 Å². The van der Waals surface area contributed by atoms with E-state index in [-0.39, 0.29) is 0 Å². The minimum Gasteiger partial charge on any atom is -0.504 e. The molecule has 0 radical (unpaired) electrons. The van der Waals surface area contributed by atoms with Gasteiger partial charge in [-0.25, -0.2) is 0 Å². The van der Waals surface area contributed by atoms with Crippen LogP contribution in [0, 0.1) is 6.92 Å². The van der Waals surface area contributed by atoms with Crippen LogP contribution in [0.4, 0.5) is 0 Å². The Bertz CT molecular complexity index is 303. The highest BCUT2D eigenvalue weighted by Gasteiger charge is 1.97. The van der Waals surface area contributed by atoms with Crippen molar-refractivity contribution in [2.75, 3.05) is 14.2 Å². The van der Waals surface area contributed by atoms with Gasteiger partial charge in [-0.3, -0.25) is 0 Å². The van der Waals surface area contributed by atoms with Gasteiger partial charge in [-0.05, 0) is 30.2 Å². The van der Waals surface area contributed by atoms with Crippen molar-refractivity contribution in [2.24, 2.45) is 0 Å². The van der Waals surface area contributed by atoms with Gasteiger partial charge in [0, 0.05) is 0 Å². The van der Waals surface area contributed by atoms with Crippen LogP contribution in [0.2, 0.25) is 0 Å². The molecule has 0 unspecified atom stereocenters. The smallest absolute Gasteiger partial charge is 0.122 e. The van der Waals surface area contributed by atoms with Crippen LogP contribution in [0.25, 0.3) is 6.08 Å². The maximum Gasteiger partial charge on any atom is 0.122 e. The van der Waals surface area contributed by atoms with E-state index < -0.39 is 0 Å². The summed E-state index contributed by atoms with van der Waals surface area (Å²) < 4.78 is 10.0. The molecule has 0 N–H and O–H groups in total. The Morgan fingerprint density at radius 2 is 2.00 bits per heavy atom. The highest BCUT2D eigenvalue weighted by atomic mass is 16.5. The summed E-state index contributed by atoms with van der Waals surface area (Å²) in [6, 6.07) is 6.02. The Hall–Kier alpha value is -1.44. The second-order valence-corrected chi connectivity index (χ2v) is 2.77. The van der Waals surface area contributed by atoms with Gasteiger partial charge in [-0.1, -0.05) is 12.1 Å². The van der Waals surface area contributed by atoms with Crippen molar-refractivity contribution in [3.63, 3.8) is 0 Å². The van der Waals surface area contributed by atoms with Gasteiger partial charge < -0.3 is 9.47 Å². The van der Waals surface area contributed by atoms with E-state index in [0.29, 0.717) is 0 Å². The number of methoxy groups -OCH3 is 2. The van der Waals surface area contributed by atoms with Crippen LogP contribution in [-0.2, 0) is 4.74 Å². The van der Waals surface area contributed by atoms with Crippen molar-refractivity contribution in [1.29, 1.82) is 0 Å². The van der Waals surface area contributed by atoms with E-state index in [9.17, 15) is 0 Å². The summed E-state index contributed by atoms with van der Waals surface area (Å²) in [7, 11) is 3.30. The van der Waals surface area contributed by atoms with Crippen molar-refractivity contribution in [2.45, 2.75) is 6.92 Å². The largest absolute Gasteiger partial charge is 0.504 e. The van der Waals surface area contributed by atoms with E-state index >= 15 is 0 Å². The number of hydrogen-bond acceptors (Lipinski definition) is 2. The Morgan fingerprint density at radius 1 is 1.23 bits per heavy atom. The third kappa shape index (κ3) is 2.51. The van der Waals surface area contributed by atoms with E-state index in [2.05, 4.69) is 0 Å². The summed E-state index contributed by atoms with van der Waals surface area (Å²) in [5.41, 5.74) is 2.21. The van der Waals surface area contributed by atoms with Crippen molar-refractivity contribution in [3.8, 4) is 5.75 Å². The molecule has 0 bridgehead atoms. The van der Waals surface area contributed by atoms with E-state index in [4.69, 9.17) is 9.47 Å². The summed E-state index contributed by atoms with van der Waals surface area (Å²) in [4.78, 5) is 0. The average Bonchev–Trinajstić information content (AvgIpc) is 2.16. The van der Waals surface area contributed by atoms with Crippen LogP contribution in [0.15, 0.2) is 24.5 Å². The molecule has 0 aliphatic carbocycles. The molecule has 0 saturated carbocycles. The average molecular weight is 178 g/mol. The number of aryl methyl sites for hydroxylation is 1. The molecule has 0 saturated heterocycles. The van der Waals surface area contributed by atoms with Crippen LogP contribution >= 0.6 is 0 Å². The maximum absolute atomic E-state index is 5.19. The lowest BCUT2D eigenvalue weighted by molar-refractivity contribution is 0.341. The van der Waals surface area contributed by atoms with Crippen LogP contribution in [-0.4, -0.2) is 14.2 Å². The molecule has 1 aromatic carbocycles. The first-order valence-electron chi connectivity index (χ1n) is 4.12. The second kappa shape index (κ2) is 4.55. The molecular weight excluding hydrogens is 164 g/mol. The van der Waals surface area contributed by atoms with Crippen molar-refractivity contribution >= 4 is 6.08 Å². The van der Waals surface area contributed by atoms with Gasteiger partial charge in [0.1, 0.15) is 5.75 Å². The normalized spacial score (nSPS) is 10.4. The first kappa shape index (κ1) is 9.65. The van der Waals surface area contributed by atoms with Gasteiger partial charge in [-0.2, -0.15) is 0 Å². The number of rotatable bonds is 3. The predicted octanol–water partition coefficient (Wildman–Crippen LogP) is 2.62. The van der Waals surface area contributed by atoms with E-state index in [1.54, 1.807) is 20.5 Å². The fourth-order valence-electron chi connectivity index (χ4n) is 1.09. The van der Waals surface area contributed by atoms with E-state index in [1.165, 1.54) is 0 Å². The lowest BCUT2D eigenvalue weighted by Gasteiger charge is -2.04. The molecule has 0 aliphatic heterocycles. The third-order valence-corrected chi connectivity index (χ3v) is 1.83. The Kier molecular flexibility index (Phi) is 3.38. The number of hydrogen-bond donors (Lipinski definition) is 0. The van der Waals surface area contributed by atoms with Crippen molar-refractivity contribution in [1.82, 2.24) is 0 Å². The lowest BCUT2D eigenvalue weighted by Crippen LogP contribution is -1.87. The van der Waals surface area contributed by atoms with Gasteiger partial charge in [0.05, 0.1) is 20.5 Å². The van der Waals surface area contributed by atoms with Gasteiger partial charge in [0.15, 0.2) is 0 Å². The molecule has 0 amide bonds. The minimum absolute atomic E-state index is 0.901. The van der Waals surface area contributed by atoms with Gasteiger partial charge in [0.25, 0.3) is 0 Å². The maximum atomic E-state index is 5.19. The first-order chi connectivity index (χ1) is 6.27. The van der Waals surface area contributed by atoms with Gasteiger partial charge in [-0.15, -0.1) is 0 Å². The molecule has 0 heterocycles. The quantitative estimate of drug-likeness (QED) is 0.662. The van der Waals surface area contributed by atoms with Crippen LogP contribution in [0.5, 0.6) is 5.75 Å². The first-order valence-corrected chi connectivity index (χ1v) is 4.12. The fraction of sp³-hybridized carbons (Fsp3) is 0.273. The van der Waals surface area contributed by atoms with Gasteiger partial charge in [0.2, 0.25) is 0 Å². The monoisotopic (exact) mass is 178 g/mol. The molecule has 2 heteroatoms. The number of benzene rings is 1. The Labute approximate surface area is 78.8 Å². The van der Waals surface area contributed by atoms with Crippen molar-refractivity contribution in [3.05, 3.63) is 35.6 Å². The molecule has 70 valence electrons. The highest BCUT2D eigenvalue weighted by molar-refractivity contribution is 5.52. The molecule has 2 nitrogen and oxygen atoms in total. The second-order valence-electron chi connectivity index (χ2n) is 2.77. The summed E-state index contributed by atoms with van der Waals surface area (Å²) in [6.07, 6.45) is 3.53. The Morgan fingerprint density at radius 3 is 2.62 bits per heavy atom. The molecule has 0 spiro atoms. The number of ether oxygens (including phenoxy) is 2. The fourth-order valence-corrected chi connectivity index (χ4v) is 1.09. The minimum atomic E-state index is 0.901. The summed E-state index contributed by atoms with van der Waals surface area (Å²) in [6.45, 7) is 2.02. The van der Waals surface area contributed by atoms with Crippen LogP contribution in [0.1, 0.15) is 11.1 Å². The highest BCUT2D eigenvalue weighted by Crippen LogP contribution is 2.19. The molecule has 0 atom stereocenters. The zero-order chi connectivity index (χ0) is 9.68. The van der Waals surface area contributed by atoms with E-state index in [0.717, 1.165) is 16.9 Å². The molecule has 13 heavy (non-hydrogen) atoms. The zero-order valence-corrected chi connectivity index (χ0v) is 8.20. The van der Waals surface area contributed by atoms with Crippen LogP contribution in [0.3, 0.4) is 0 Å². The van der Waals surface area contributed by atoms with Crippen molar-refractivity contribution < 1.29 is 9.47 Å². The predicted molar refractivity (Wildman–Crippen MR) is 53.8 cm³/mol. The topological polar surface area (TPSA) is 18.5 Å². The third-order valence-electron chi connectivity index (χ3n) is 1.83. The lowest BCUT2D eigenvalue weighted by atomic mass is 10.1. The summed E-state index contributed by atoms with van der Waals surface area (Å²) in [5.74, 6) is 0.901. The SMILES string of the molecule is CO/C=C\c1ccc(C)c(OC)c1. The standard InChI is InChI=1S/C11H14O2/c1-9-4-5-10(6-7-12-2)8-11(9)13-3/h4-8H,1-3H3/b7-6-. The Balaban J connectivity index is 2.92. The molecule has 0 fully saturated rings. The summed E-state index contributed by atoms with van der Waals surface area (Å²) >= 11 is 0. The summed E-state index contributed by atoms with van der Waals surface area (Å²) in [5, 5.41) is 0. The van der Waals surface area contributed by atoms with Crippen LogP contribution < -0.4 is 4.74 Å². The van der Waals surface area contributed by atoms with Gasteiger partial charge >= 0.3 is 0 Å². The molecule has 0 aromatic heterocycles. The molecular formula is C11H14O2. The molecule has 0 aliphatic rings. The molecule has 1 rings (SSSR count). The molecule has 1 aromatic rings. The zero-order valence-electron chi connectivity index (χ0n) is 8.20.